The summed E-state index contributed by atoms with van der Waals surface area (Å²) in [6.45, 7) is 0. The minimum Gasteiger partial charge on any atom is -0.408 e. The maximum Gasteiger partial charge on any atom is 0.417 e. The lowest BCUT2D eigenvalue weighted by atomic mass is 10.1. The van der Waals surface area contributed by atoms with Gasteiger partial charge in [-0.1, -0.05) is 23.2 Å². The van der Waals surface area contributed by atoms with Crippen LogP contribution >= 0.6 is 23.2 Å². The molecule has 1 heterocycles. The van der Waals surface area contributed by atoms with Crippen LogP contribution in [0.3, 0.4) is 0 Å². The van der Waals surface area contributed by atoms with Gasteiger partial charge in [0.2, 0.25) is 0 Å². The van der Waals surface area contributed by atoms with Gasteiger partial charge in [-0.15, -0.1) is 0 Å². The molecule has 80 valence electrons. The largest absolute Gasteiger partial charge is 0.417 e. The predicted molar refractivity (Wildman–Crippen MR) is 55.2 cm³/mol. The summed E-state index contributed by atoms with van der Waals surface area (Å²) >= 11 is 11.6. The molecule has 0 bridgehead atoms. The molecule has 2 rings (SSSR count). The molecular weight excluding hydrogens is 241 g/mol. The topological polar surface area (TPSA) is 49.8 Å². The zero-order valence-electron chi connectivity index (χ0n) is 7.70. The fourth-order valence-corrected chi connectivity index (χ4v) is 1.90. The average Bonchev–Trinajstić information content (AvgIpc) is 2.17. The molecule has 0 radical (unpaired) electrons. The SMILES string of the molecule is CN1C(=O)Oc2c(Cl)cc(Cl)cc2[C@@H]1O. The number of aliphatic hydroxyl groups is 1. The molecule has 15 heavy (non-hydrogen) atoms. The smallest absolute Gasteiger partial charge is 0.408 e. The van der Waals surface area contributed by atoms with Crippen LogP contribution in [0.15, 0.2) is 12.1 Å². The number of amides is 1. The Balaban J connectivity index is 2.60. The molecule has 6 heteroatoms. The molecule has 1 atom stereocenters. The van der Waals surface area contributed by atoms with E-state index in [-0.39, 0.29) is 10.8 Å². The zero-order chi connectivity index (χ0) is 11.2. The number of carbonyl (C=O) groups is 1. The Labute approximate surface area is 96.0 Å². The molecule has 1 aromatic rings. The fraction of sp³-hybridized carbons (Fsp3) is 0.222. The number of fused-ring (bicyclic) bond motifs is 1. The third kappa shape index (κ3) is 1.65. The first-order chi connectivity index (χ1) is 7.00. The summed E-state index contributed by atoms with van der Waals surface area (Å²) in [5.41, 5.74) is 0.384. The van der Waals surface area contributed by atoms with Crippen molar-refractivity contribution in [3.8, 4) is 5.75 Å². The summed E-state index contributed by atoms with van der Waals surface area (Å²) in [4.78, 5) is 12.3. The van der Waals surface area contributed by atoms with E-state index in [9.17, 15) is 9.90 Å². The molecule has 4 nitrogen and oxygen atoms in total. The number of hydrogen-bond donors (Lipinski definition) is 1. The van der Waals surface area contributed by atoms with Crippen molar-refractivity contribution in [3.63, 3.8) is 0 Å². The third-order valence-corrected chi connectivity index (χ3v) is 2.66. The maximum absolute atomic E-state index is 11.3. The van der Waals surface area contributed by atoms with Crippen molar-refractivity contribution in [1.82, 2.24) is 4.90 Å². The Kier molecular flexibility index (Phi) is 2.50. The summed E-state index contributed by atoms with van der Waals surface area (Å²) in [5.74, 6) is 0.164. The van der Waals surface area contributed by atoms with Crippen molar-refractivity contribution < 1.29 is 14.6 Å². The number of carbonyl (C=O) groups excluding carboxylic acids is 1. The molecule has 1 amide bonds. The maximum atomic E-state index is 11.3. The van der Waals surface area contributed by atoms with Gasteiger partial charge in [0.1, 0.15) is 0 Å². The first kappa shape index (κ1) is 10.5. The normalized spacial score (nSPS) is 19.9. The van der Waals surface area contributed by atoms with Crippen molar-refractivity contribution in [2.45, 2.75) is 6.23 Å². The second kappa shape index (κ2) is 3.56. The lowest BCUT2D eigenvalue weighted by molar-refractivity contribution is 0.0148. The number of halogens is 2. The fourth-order valence-electron chi connectivity index (χ4n) is 1.35. The molecule has 0 aromatic heterocycles. The van der Waals surface area contributed by atoms with E-state index in [0.29, 0.717) is 10.6 Å². The summed E-state index contributed by atoms with van der Waals surface area (Å²) < 4.78 is 4.94. The second-order valence-corrected chi connectivity index (χ2v) is 4.00. The van der Waals surface area contributed by atoms with Crippen molar-refractivity contribution >= 4 is 29.3 Å². The van der Waals surface area contributed by atoms with E-state index in [0.717, 1.165) is 4.90 Å². The first-order valence-electron chi connectivity index (χ1n) is 4.12. The van der Waals surface area contributed by atoms with Gasteiger partial charge in [0.05, 0.1) is 5.02 Å². The molecule has 0 saturated heterocycles. The van der Waals surface area contributed by atoms with Crippen LogP contribution in [0.2, 0.25) is 10.0 Å². The molecule has 1 aromatic carbocycles. The van der Waals surface area contributed by atoms with Gasteiger partial charge in [-0.05, 0) is 12.1 Å². The Morgan fingerprint density at radius 2 is 2.13 bits per heavy atom. The van der Waals surface area contributed by atoms with Crippen molar-refractivity contribution in [2.75, 3.05) is 7.05 Å². The second-order valence-electron chi connectivity index (χ2n) is 3.16. The van der Waals surface area contributed by atoms with Gasteiger partial charge < -0.3 is 9.84 Å². The summed E-state index contributed by atoms with van der Waals surface area (Å²) in [6, 6.07) is 2.96. The van der Waals surface area contributed by atoms with Gasteiger partial charge in [0, 0.05) is 17.6 Å². The van der Waals surface area contributed by atoms with Crippen LogP contribution in [0.4, 0.5) is 4.79 Å². The lowest BCUT2D eigenvalue weighted by Gasteiger charge is -2.30. The van der Waals surface area contributed by atoms with E-state index >= 15 is 0 Å². The highest BCUT2D eigenvalue weighted by atomic mass is 35.5. The highest BCUT2D eigenvalue weighted by Crippen LogP contribution is 2.39. The van der Waals surface area contributed by atoms with E-state index in [1.807, 2.05) is 0 Å². The predicted octanol–water partition coefficient (Wildman–Crippen LogP) is 2.43. The van der Waals surface area contributed by atoms with E-state index in [1.54, 1.807) is 0 Å². The quantitative estimate of drug-likeness (QED) is 0.767. The number of ether oxygens (including phenoxy) is 1. The molecule has 0 saturated carbocycles. The van der Waals surface area contributed by atoms with Crippen LogP contribution < -0.4 is 4.74 Å². The van der Waals surface area contributed by atoms with Gasteiger partial charge >= 0.3 is 6.09 Å². The summed E-state index contributed by atoms with van der Waals surface area (Å²) in [5, 5.41) is 10.3. The number of benzene rings is 1. The van der Waals surface area contributed by atoms with Crippen LogP contribution in [0.25, 0.3) is 0 Å². The minimum atomic E-state index is -1.09. The number of aliphatic hydroxyl groups excluding tert-OH is 1. The number of nitrogens with zero attached hydrogens (tertiary/aromatic N) is 1. The lowest BCUT2D eigenvalue weighted by Crippen LogP contribution is -2.37. The molecule has 0 spiro atoms. The molecule has 0 unspecified atom stereocenters. The molecule has 0 aliphatic carbocycles. The monoisotopic (exact) mass is 247 g/mol. The molecule has 1 aliphatic rings. The van der Waals surface area contributed by atoms with Crippen LogP contribution in [-0.4, -0.2) is 23.1 Å². The molecule has 0 fully saturated rings. The zero-order valence-corrected chi connectivity index (χ0v) is 9.21. The highest BCUT2D eigenvalue weighted by molar-refractivity contribution is 6.35. The Bertz CT molecular complexity index is 436. The van der Waals surface area contributed by atoms with E-state index in [2.05, 4.69) is 0 Å². The number of rotatable bonds is 0. The average molecular weight is 248 g/mol. The van der Waals surface area contributed by atoms with Gasteiger partial charge in [0.25, 0.3) is 0 Å². The van der Waals surface area contributed by atoms with Gasteiger partial charge in [-0.2, -0.15) is 0 Å². The van der Waals surface area contributed by atoms with Crippen LogP contribution in [0.1, 0.15) is 11.8 Å². The highest BCUT2D eigenvalue weighted by Gasteiger charge is 2.32. The summed E-state index contributed by atoms with van der Waals surface area (Å²) in [6.07, 6.45) is -1.74. The van der Waals surface area contributed by atoms with Crippen LogP contribution in [0.5, 0.6) is 5.75 Å². The Hall–Kier alpha value is -0.970. The van der Waals surface area contributed by atoms with Gasteiger partial charge in [0.15, 0.2) is 12.0 Å². The Morgan fingerprint density at radius 3 is 2.80 bits per heavy atom. The van der Waals surface area contributed by atoms with E-state index in [1.165, 1.54) is 19.2 Å². The third-order valence-electron chi connectivity index (χ3n) is 2.16. The Morgan fingerprint density at radius 1 is 1.47 bits per heavy atom. The number of hydrogen-bond acceptors (Lipinski definition) is 3. The standard InChI is InChI=1S/C9H7Cl2NO3/c1-12-8(13)5-2-4(10)3-6(11)7(5)15-9(12)14/h2-3,8,13H,1H3/t8-/m0/s1. The van der Waals surface area contributed by atoms with Crippen molar-refractivity contribution in [1.29, 1.82) is 0 Å². The van der Waals surface area contributed by atoms with Gasteiger partial charge in [-0.3, -0.25) is 4.90 Å². The van der Waals surface area contributed by atoms with Crippen molar-refractivity contribution in [2.24, 2.45) is 0 Å². The minimum absolute atomic E-state index is 0.164. The van der Waals surface area contributed by atoms with Gasteiger partial charge in [-0.25, -0.2) is 4.79 Å². The molecule has 1 N–H and O–H groups in total. The van der Waals surface area contributed by atoms with Crippen molar-refractivity contribution in [3.05, 3.63) is 27.7 Å². The van der Waals surface area contributed by atoms with Crippen LogP contribution in [-0.2, 0) is 0 Å². The molecular formula is C9H7Cl2NO3. The van der Waals surface area contributed by atoms with E-state index < -0.39 is 12.3 Å². The molecule has 1 aliphatic heterocycles. The van der Waals surface area contributed by atoms with Crippen LogP contribution in [0, 0.1) is 0 Å². The van der Waals surface area contributed by atoms with E-state index in [4.69, 9.17) is 27.9 Å². The summed E-state index contributed by atoms with van der Waals surface area (Å²) in [7, 11) is 1.42. The first-order valence-corrected chi connectivity index (χ1v) is 4.88.